The summed E-state index contributed by atoms with van der Waals surface area (Å²) in [6, 6.07) is 11.8. The molecule has 0 saturated carbocycles. The summed E-state index contributed by atoms with van der Waals surface area (Å²) in [5.74, 6) is 0.780. The number of halogens is 1. The van der Waals surface area contributed by atoms with Crippen LogP contribution in [0, 0.1) is 5.82 Å². The normalized spacial score (nSPS) is 14.2. The highest BCUT2D eigenvalue weighted by atomic mass is 32.2. The first-order chi connectivity index (χ1) is 16.4. The van der Waals surface area contributed by atoms with Crippen molar-refractivity contribution >= 4 is 27.5 Å². The summed E-state index contributed by atoms with van der Waals surface area (Å²) in [7, 11) is -3.73. The number of carbonyl (C=O) groups is 1. The number of anilines is 1. The molecule has 0 atom stereocenters. The second kappa shape index (κ2) is 10.6. The van der Waals surface area contributed by atoms with E-state index in [4.69, 9.17) is 4.42 Å². The zero-order valence-corrected chi connectivity index (χ0v) is 19.3. The van der Waals surface area contributed by atoms with Gasteiger partial charge >= 0.3 is 0 Å². The van der Waals surface area contributed by atoms with E-state index in [0.717, 1.165) is 19.3 Å². The summed E-state index contributed by atoms with van der Waals surface area (Å²) in [6.07, 6.45) is 5.47. The Morgan fingerprint density at radius 1 is 1.03 bits per heavy atom. The molecule has 4 rings (SSSR count). The van der Waals surface area contributed by atoms with Gasteiger partial charge in [0, 0.05) is 37.1 Å². The molecule has 1 amide bonds. The number of amidine groups is 1. The molecule has 1 aliphatic heterocycles. The first-order valence-corrected chi connectivity index (χ1v) is 12.5. The number of hydrogen-bond donors (Lipinski definition) is 2. The van der Waals surface area contributed by atoms with Crippen molar-refractivity contribution in [3.05, 3.63) is 66.4 Å². The molecule has 2 N–H and O–H groups in total. The molecular formula is C24H25FN4O4S. The van der Waals surface area contributed by atoms with Crippen molar-refractivity contribution in [2.75, 3.05) is 11.9 Å². The topological polar surface area (TPSA) is 114 Å². The summed E-state index contributed by atoms with van der Waals surface area (Å²) in [5.41, 5.74) is 1.18. The predicted molar refractivity (Wildman–Crippen MR) is 126 cm³/mol. The molecule has 1 aliphatic rings. The molecule has 0 radical (unpaired) electrons. The molecule has 0 saturated heterocycles. The number of hydrogen-bond acceptors (Lipinski definition) is 6. The van der Waals surface area contributed by atoms with Gasteiger partial charge in [0.1, 0.15) is 11.7 Å². The zero-order valence-electron chi connectivity index (χ0n) is 18.5. The zero-order chi connectivity index (χ0) is 24.0. The monoisotopic (exact) mass is 484 g/mol. The minimum atomic E-state index is -3.73. The molecule has 34 heavy (non-hydrogen) atoms. The number of nitrogens with one attached hydrogen (secondary N) is 2. The van der Waals surface area contributed by atoms with Crippen LogP contribution >= 0.6 is 0 Å². The number of sulfonamides is 1. The van der Waals surface area contributed by atoms with Gasteiger partial charge in [0.25, 0.3) is 10.0 Å². The van der Waals surface area contributed by atoms with Crippen LogP contribution in [0.4, 0.5) is 10.1 Å². The van der Waals surface area contributed by atoms with Gasteiger partial charge in [-0.3, -0.25) is 14.5 Å². The largest absolute Gasteiger partial charge is 0.441 e. The third kappa shape index (κ3) is 6.28. The minimum absolute atomic E-state index is 0.102. The number of aromatic nitrogens is 1. The first-order valence-electron chi connectivity index (χ1n) is 11.1. The van der Waals surface area contributed by atoms with E-state index in [-0.39, 0.29) is 29.5 Å². The standard InChI is InChI=1S/C24H25FN4O4S/c25-18-7-5-17(6-8-18)21-16-27-24(33-21)14-13-23(30)28-19-9-11-20(12-10-19)34(31,32)29-22-4-2-1-3-15-26-22/h5-12,16H,1-4,13-15H2,(H,26,29)(H,28,30). The van der Waals surface area contributed by atoms with Gasteiger partial charge in [-0.2, -0.15) is 0 Å². The predicted octanol–water partition coefficient (Wildman–Crippen LogP) is 4.30. The smallest absolute Gasteiger partial charge is 0.262 e. The van der Waals surface area contributed by atoms with Crippen LogP contribution in [0.3, 0.4) is 0 Å². The van der Waals surface area contributed by atoms with E-state index in [1.54, 1.807) is 24.3 Å². The van der Waals surface area contributed by atoms with Crippen molar-refractivity contribution in [2.45, 2.75) is 43.4 Å². The van der Waals surface area contributed by atoms with E-state index in [2.05, 4.69) is 20.0 Å². The number of aliphatic imine (C=N–C) groups is 1. The second-order valence-electron chi connectivity index (χ2n) is 7.94. The Kier molecular flexibility index (Phi) is 7.36. The van der Waals surface area contributed by atoms with Crippen LogP contribution in [0.5, 0.6) is 0 Å². The van der Waals surface area contributed by atoms with Gasteiger partial charge in [-0.05, 0) is 61.4 Å². The second-order valence-corrected chi connectivity index (χ2v) is 9.62. The summed E-state index contributed by atoms with van der Waals surface area (Å²) >= 11 is 0. The number of amides is 1. The minimum Gasteiger partial charge on any atom is -0.441 e. The van der Waals surface area contributed by atoms with Crippen molar-refractivity contribution in [3.63, 3.8) is 0 Å². The lowest BCUT2D eigenvalue weighted by Gasteiger charge is -2.10. The highest BCUT2D eigenvalue weighted by Gasteiger charge is 2.17. The Balaban J connectivity index is 1.30. The number of carbonyl (C=O) groups excluding carboxylic acids is 1. The Labute approximate surface area is 197 Å². The molecule has 8 nitrogen and oxygen atoms in total. The van der Waals surface area contributed by atoms with Gasteiger partial charge in [-0.25, -0.2) is 17.8 Å². The first kappa shape index (κ1) is 23.6. The molecule has 178 valence electrons. The molecular weight excluding hydrogens is 459 g/mol. The molecule has 0 aliphatic carbocycles. The third-order valence-electron chi connectivity index (χ3n) is 5.32. The molecule has 2 aromatic carbocycles. The van der Waals surface area contributed by atoms with Crippen LogP contribution in [-0.4, -0.2) is 31.7 Å². The van der Waals surface area contributed by atoms with Crippen LogP contribution in [0.2, 0.25) is 0 Å². The van der Waals surface area contributed by atoms with Crippen molar-refractivity contribution in [1.29, 1.82) is 0 Å². The van der Waals surface area contributed by atoms with E-state index in [1.165, 1.54) is 30.5 Å². The van der Waals surface area contributed by atoms with Gasteiger partial charge in [-0.1, -0.05) is 6.42 Å². The lowest BCUT2D eigenvalue weighted by atomic mass is 10.2. The van der Waals surface area contributed by atoms with E-state index in [1.807, 2.05) is 0 Å². The van der Waals surface area contributed by atoms with Crippen molar-refractivity contribution < 1.29 is 22.0 Å². The average molecular weight is 485 g/mol. The Hall–Kier alpha value is -3.53. The molecule has 10 heteroatoms. The molecule has 3 aromatic rings. The van der Waals surface area contributed by atoms with E-state index in [9.17, 15) is 17.6 Å². The molecule has 2 heterocycles. The molecule has 1 aromatic heterocycles. The van der Waals surface area contributed by atoms with Crippen molar-refractivity contribution in [2.24, 2.45) is 4.99 Å². The van der Waals surface area contributed by atoms with Crippen LogP contribution in [0.15, 0.2) is 69.0 Å². The number of nitrogens with zero attached hydrogens (tertiary/aromatic N) is 2. The summed E-state index contributed by atoms with van der Waals surface area (Å²) in [6.45, 7) is 0.629. The Morgan fingerprint density at radius 3 is 2.56 bits per heavy atom. The van der Waals surface area contributed by atoms with Gasteiger partial charge in [0.05, 0.1) is 11.1 Å². The highest BCUT2D eigenvalue weighted by molar-refractivity contribution is 7.90. The Bertz CT molecular complexity index is 1270. The Morgan fingerprint density at radius 2 is 1.79 bits per heavy atom. The van der Waals surface area contributed by atoms with Crippen LogP contribution in [0.1, 0.15) is 38.0 Å². The number of rotatable bonds is 7. The fourth-order valence-corrected chi connectivity index (χ4v) is 4.60. The summed E-state index contributed by atoms with van der Waals surface area (Å²) in [4.78, 5) is 20.9. The fraction of sp³-hybridized carbons (Fsp3) is 0.292. The van der Waals surface area contributed by atoms with Crippen LogP contribution in [-0.2, 0) is 21.2 Å². The maximum atomic E-state index is 13.1. The van der Waals surface area contributed by atoms with Crippen LogP contribution < -0.4 is 10.0 Å². The number of aryl methyl sites for hydroxylation is 1. The number of benzene rings is 2. The van der Waals surface area contributed by atoms with Crippen molar-refractivity contribution in [3.8, 4) is 11.3 Å². The maximum Gasteiger partial charge on any atom is 0.262 e. The molecule has 0 unspecified atom stereocenters. The lowest BCUT2D eigenvalue weighted by Crippen LogP contribution is -2.30. The van der Waals surface area contributed by atoms with Crippen LogP contribution in [0.25, 0.3) is 11.3 Å². The maximum absolute atomic E-state index is 13.1. The highest BCUT2D eigenvalue weighted by Crippen LogP contribution is 2.21. The average Bonchev–Trinajstić information content (AvgIpc) is 3.15. The lowest BCUT2D eigenvalue weighted by molar-refractivity contribution is -0.116. The van der Waals surface area contributed by atoms with E-state index in [0.29, 0.717) is 41.7 Å². The third-order valence-corrected chi connectivity index (χ3v) is 6.72. The van der Waals surface area contributed by atoms with Crippen molar-refractivity contribution in [1.82, 2.24) is 9.71 Å². The summed E-state index contributed by atoms with van der Waals surface area (Å²) in [5, 5.41) is 2.74. The molecule has 0 fully saturated rings. The quantitative estimate of drug-likeness (QED) is 0.519. The van der Waals surface area contributed by atoms with Gasteiger partial charge < -0.3 is 9.73 Å². The number of oxazole rings is 1. The van der Waals surface area contributed by atoms with Gasteiger partial charge in [0.2, 0.25) is 5.91 Å². The fourth-order valence-electron chi connectivity index (χ4n) is 3.51. The van der Waals surface area contributed by atoms with E-state index >= 15 is 0 Å². The van der Waals surface area contributed by atoms with E-state index < -0.39 is 10.0 Å². The molecule has 0 spiro atoms. The van der Waals surface area contributed by atoms with Gasteiger partial charge in [0.15, 0.2) is 11.7 Å². The SMILES string of the molecule is O=C(CCc1ncc(-c2ccc(F)cc2)o1)Nc1ccc(S(=O)(=O)NC2=NCCCCC2)cc1. The molecule has 0 bridgehead atoms. The van der Waals surface area contributed by atoms with Gasteiger partial charge in [-0.15, -0.1) is 0 Å². The summed E-state index contributed by atoms with van der Waals surface area (Å²) < 4.78 is 46.5.